The van der Waals surface area contributed by atoms with Crippen molar-refractivity contribution in [3.8, 4) is 22.8 Å². The molecule has 0 spiro atoms. The quantitative estimate of drug-likeness (QED) is 0.789. The van der Waals surface area contributed by atoms with Crippen molar-refractivity contribution in [2.75, 3.05) is 14.2 Å². The summed E-state index contributed by atoms with van der Waals surface area (Å²) >= 11 is 0. The van der Waals surface area contributed by atoms with E-state index in [1.807, 2.05) is 6.92 Å². The van der Waals surface area contributed by atoms with Crippen LogP contribution in [0.25, 0.3) is 11.3 Å². The van der Waals surface area contributed by atoms with E-state index in [0.29, 0.717) is 29.8 Å². The van der Waals surface area contributed by atoms with Gasteiger partial charge in [0.1, 0.15) is 11.5 Å². The van der Waals surface area contributed by atoms with Crippen molar-refractivity contribution in [1.82, 2.24) is 9.78 Å². The minimum Gasteiger partial charge on any atom is -0.493 e. The molecular weight excluding hydrogens is 263 g/mol. The molecule has 0 saturated heterocycles. The molecular formula is C14H15FN2O3. The van der Waals surface area contributed by atoms with Gasteiger partial charge in [0.2, 0.25) is 0 Å². The molecule has 1 heterocycles. The van der Waals surface area contributed by atoms with Gasteiger partial charge in [-0.05, 0) is 13.0 Å². The second-order valence-corrected chi connectivity index (χ2v) is 4.09. The SMILES string of the molecule is CCn1cc(C=O)c(-c2cc(OC)c(OC)cc2F)n1. The number of benzene rings is 1. The monoisotopic (exact) mass is 278 g/mol. The minimum atomic E-state index is -0.521. The van der Waals surface area contributed by atoms with E-state index in [2.05, 4.69) is 5.10 Å². The van der Waals surface area contributed by atoms with Gasteiger partial charge in [-0.2, -0.15) is 5.10 Å². The number of hydrogen-bond donors (Lipinski definition) is 0. The number of ether oxygens (including phenoxy) is 2. The van der Waals surface area contributed by atoms with Crippen LogP contribution in [0, 0.1) is 5.82 Å². The summed E-state index contributed by atoms with van der Waals surface area (Å²) in [5, 5.41) is 4.21. The van der Waals surface area contributed by atoms with Gasteiger partial charge in [0.05, 0.1) is 19.8 Å². The van der Waals surface area contributed by atoms with Crippen molar-refractivity contribution < 1.29 is 18.7 Å². The van der Waals surface area contributed by atoms with Gasteiger partial charge in [-0.3, -0.25) is 9.48 Å². The molecule has 1 aromatic heterocycles. The van der Waals surface area contributed by atoms with Crippen LogP contribution in [0.15, 0.2) is 18.3 Å². The average Bonchev–Trinajstić information content (AvgIpc) is 2.90. The van der Waals surface area contributed by atoms with Gasteiger partial charge < -0.3 is 9.47 Å². The fraction of sp³-hybridized carbons (Fsp3) is 0.286. The zero-order valence-electron chi connectivity index (χ0n) is 11.5. The highest BCUT2D eigenvalue weighted by molar-refractivity contribution is 5.86. The Morgan fingerprint density at radius 2 is 1.95 bits per heavy atom. The molecule has 106 valence electrons. The molecule has 2 rings (SSSR count). The summed E-state index contributed by atoms with van der Waals surface area (Å²) in [5.41, 5.74) is 0.829. The Morgan fingerprint density at radius 3 is 2.50 bits per heavy atom. The second-order valence-electron chi connectivity index (χ2n) is 4.09. The van der Waals surface area contributed by atoms with E-state index in [1.165, 1.54) is 26.4 Å². The Bertz CT molecular complexity index is 638. The van der Waals surface area contributed by atoms with E-state index in [0.717, 1.165) is 0 Å². The zero-order chi connectivity index (χ0) is 14.7. The maximum Gasteiger partial charge on any atom is 0.163 e. The molecule has 0 bridgehead atoms. The van der Waals surface area contributed by atoms with Crippen LogP contribution in [-0.4, -0.2) is 30.3 Å². The van der Waals surface area contributed by atoms with Gasteiger partial charge in [-0.15, -0.1) is 0 Å². The molecule has 6 heteroatoms. The topological polar surface area (TPSA) is 53.4 Å². The van der Waals surface area contributed by atoms with Gasteiger partial charge in [-0.25, -0.2) is 4.39 Å². The van der Waals surface area contributed by atoms with Crippen molar-refractivity contribution in [3.05, 3.63) is 29.7 Å². The standard InChI is InChI=1S/C14H15FN2O3/c1-4-17-7-9(8-18)14(16-17)10-5-12(19-2)13(20-3)6-11(10)15/h5-8H,4H2,1-3H3. The van der Waals surface area contributed by atoms with E-state index < -0.39 is 5.82 Å². The molecule has 0 N–H and O–H groups in total. The molecule has 2 aromatic rings. The molecule has 0 atom stereocenters. The maximum absolute atomic E-state index is 14.2. The number of aromatic nitrogens is 2. The molecule has 0 amide bonds. The smallest absolute Gasteiger partial charge is 0.163 e. The van der Waals surface area contributed by atoms with Crippen molar-refractivity contribution >= 4 is 6.29 Å². The van der Waals surface area contributed by atoms with E-state index in [-0.39, 0.29) is 11.3 Å². The third kappa shape index (κ3) is 2.36. The largest absolute Gasteiger partial charge is 0.493 e. The lowest BCUT2D eigenvalue weighted by Crippen LogP contribution is -1.97. The lowest BCUT2D eigenvalue weighted by Gasteiger charge is -2.10. The molecule has 0 unspecified atom stereocenters. The summed E-state index contributed by atoms with van der Waals surface area (Å²) < 4.78 is 25.9. The number of carbonyl (C=O) groups excluding carboxylic acids is 1. The fourth-order valence-electron chi connectivity index (χ4n) is 1.93. The second kappa shape index (κ2) is 5.73. The molecule has 0 aliphatic heterocycles. The molecule has 20 heavy (non-hydrogen) atoms. The van der Waals surface area contributed by atoms with Crippen molar-refractivity contribution in [2.24, 2.45) is 0 Å². The molecule has 0 saturated carbocycles. The normalized spacial score (nSPS) is 10.4. The Balaban J connectivity index is 2.62. The van der Waals surface area contributed by atoms with Gasteiger partial charge >= 0.3 is 0 Å². The van der Waals surface area contributed by atoms with Crippen molar-refractivity contribution in [2.45, 2.75) is 13.5 Å². The summed E-state index contributed by atoms with van der Waals surface area (Å²) in [5.74, 6) is 0.148. The Hall–Kier alpha value is -2.37. The minimum absolute atomic E-state index is 0.206. The number of methoxy groups -OCH3 is 2. The van der Waals surface area contributed by atoms with Crippen molar-refractivity contribution in [3.63, 3.8) is 0 Å². The predicted octanol–water partition coefficient (Wildman–Crippen LogP) is 2.54. The number of halogens is 1. The molecule has 0 radical (unpaired) electrons. The number of aryl methyl sites for hydroxylation is 1. The number of rotatable bonds is 5. The molecule has 0 aliphatic rings. The van der Waals surface area contributed by atoms with Crippen LogP contribution in [-0.2, 0) is 6.54 Å². The first-order valence-electron chi connectivity index (χ1n) is 6.09. The summed E-state index contributed by atoms with van der Waals surface area (Å²) in [4.78, 5) is 11.1. The van der Waals surface area contributed by atoms with Crippen LogP contribution in [0.3, 0.4) is 0 Å². The lowest BCUT2D eigenvalue weighted by molar-refractivity contribution is 0.112. The molecule has 0 aliphatic carbocycles. The van der Waals surface area contributed by atoms with Gasteiger partial charge in [0.15, 0.2) is 17.8 Å². The summed E-state index contributed by atoms with van der Waals surface area (Å²) in [6.07, 6.45) is 2.24. The number of carbonyl (C=O) groups is 1. The van der Waals surface area contributed by atoms with Crippen LogP contribution in [0.4, 0.5) is 4.39 Å². The highest BCUT2D eigenvalue weighted by atomic mass is 19.1. The number of hydrogen-bond acceptors (Lipinski definition) is 4. The summed E-state index contributed by atoms with van der Waals surface area (Å²) in [6, 6.07) is 2.69. The van der Waals surface area contributed by atoms with Crippen LogP contribution >= 0.6 is 0 Å². The van der Waals surface area contributed by atoms with Crippen LogP contribution in [0.1, 0.15) is 17.3 Å². The highest BCUT2D eigenvalue weighted by Gasteiger charge is 2.18. The Morgan fingerprint density at radius 1 is 1.30 bits per heavy atom. The van der Waals surface area contributed by atoms with Crippen LogP contribution < -0.4 is 9.47 Å². The summed E-state index contributed by atoms with van der Waals surface area (Å²) in [7, 11) is 2.89. The first-order chi connectivity index (χ1) is 9.64. The maximum atomic E-state index is 14.2. The summed E-state index contributed by atoms with van der Waals surface area (Å²) in [6.45, 7) is 2.48. The third-order valence-corrected chi connectivity index (χ3v) is 2.97. The number of nitrogens with zero attached hydrogens (tertiary/aromatic N) is 2. The van der Waals surface area contributed by atoms with E-state index in [1.54, 1.807) is 10.9 Å². The zero-order valence-corrected chi connectivity index (χ0v) is 11.5. The molecule has 5 nitrogen and oxygen atoms in total. The van der Waals surface area contributed by atoms with Gasteiger partial charge in [0, 0.05) is 24.4 Å². The third-order valence-electron chi connectivity index (χ3n) is 2.97. The van der Waals surface area contributed by atoms with Crippen LogP contribution in [0.5, 0.6) is 11.5 Å². The molecule has 1 aromatic carbocycles. The van der Waals surface area contributed by atoms with Gasteiger partial charge in [0.25, 0.3) is 0 Å². The lowest BCUT2D eigenvalue weighted by atomic mass is 10.1. The molecule has 0 fully saturated rings. The highest BCUT2D eigenvalue weighted by Crippen LogP contribution is 2.35. The van der Waals surface area contributed by atoms with E-state index in [4.69, 9.17) is 9.47 Å². The van der Waals surface area contributed by atoms with Crippen molar-refractivity contribution in [1.29, 1.82) is 0 Å². The average molecular weight is 278 g/mol. The first kappa shape index (κ1) is 14.0. The van der Waals surface area contributed by atoms with Crippen LogP contribution in [0.2, 0.25) is 0 Å². The Labute approximate surface area is 115 Å². The Kier molecular flexibility index (Phi) is 4.02. The number of aldehydes is 1. The van der Waals surface area contributed by atoms with E-state index >= 15 is 0 Å². The fourth-order valence-corrected chi connectivity index (χ4v) is 1.93. The van der Waals surface area contributed by atoms with E-state index in [9.17, 15) is 9.18 Å². The van der Waals surface area contributed by atoms with Gasteiger partial charge in [-0.1, -0.05) is 0 Å². The first-order valence-corrected chi connectivity index (χ1v) is 6.09. The predicted molar refractivity (Wildman–Crippen MR) is 71.8 cm³/mol.